The molecule has 108 valence electrons. The van der Waals surface area contributed by atoms with E-state index < -0.39 is 23.8 Å². The monoisotopic (exact) mass is 298 g/mol. The number of hydrogen-bond donors (Lipinski definition) is 2. The number of amides is 2. The van der Waals surface area contributed by atoms with Crippen LogP contribution in [0.1, 0.15) is 23.2 Å². The molecule has 1 atom stereocenters. The lowest BCUT2D eigenvalue weighted by molar-refractivity contribution is -0.140. The summed E-state index contributed by atoms with van der Waals surface area (Å²) in [5.74, 6) is -1.73. The van der Waals surface area contributed by atoms with Gasteiger partial charge in [-0.1, -0.05) is 23.7 Å². The van der Waals surface area contributed by atoms with Gasteiger partial charge in [0.2, 0.25) is 5.91 Å². The molecule has 0 saturated carbocycles. The molecule has 0 saturated heterocycles. The molecule has 0 heterocycles. The maximum Gasteiger partial charge on any atom is 0.305 e. The Kier molecular flexibility index (Phi) is 5.99. The highest BCUT2D eigenvalue weighted by molar-refractivity contribution is 6.33. The zero-order valence-electron chi connectivity index (χ0n) is 10.9. The lowest BCUT2D eigenvalue weighted by atomic mass is 10.1. The molecular weight excluding hydrogens is 284 g/mol. The van der Waals surface area contributed by atoms with Gasteiger partial charge in [0.05, 0.1) is 17.7 Å². The van der Waals surface area contributed by atoms with Crippen LogP contribution in [0.3, 0.4) is 0 Å². The summed E-state index contributed by atoms with van der Waals surface area (Å²) >= 11 is 5.88. The lowest BCUT2D eigenvalue weighted by Gasteiger charge is -2.15. The molecule has 1 aromatic carbocycles. The van der Waals surface area contributed by atoms with Crippen molar-refractivity contribution in [1.82, 2.24) is 5.32 Å². The highest BCUT2D eigenvalue weighted by atomic mass is 35.5. The van der Waals surface area contributed by atoms with Gasteiger partial charge in [-0.2, -0.15) is 0 Å². The molecule has 0 radical (unpaired) electrons. The lowest BCUT2D eigenvalue weighted by Crippen LogP contribution is -2.44. The third-order valence-corrected chi connectivity index (χ3v) is 2.96. The fraction of sp³-hybridized carbons (Fsp3) is 0.308. The third-order valence-electron chi connectivity index (χ3n) is 2.63. The minimum atomic E-state index is -0.960. The minimum absolute atomic E-state index is 0.0209. The molecule has 0 fully saturated rings. The van der Waals surface area contributed by atoms with Crippen LogP contribution in [0.25, 0.3) is 0 Å². The molecule has 6 nitrogen and oxygen atoms in total. The first-order valence-corrected chi connectivity index (χ1v) is 6.25. The van der Waals surface area contributed by atoms with E-state index in [1.54, 1.807) is 18.2 Å². The van der Waals surface area contributed by atoms with Gasteiger partial charge in [-0.25, -0.2) is 0 Å². The molecule has 0 aliphatic heterocycles. The second-order valence-electron chi connectivity index (χ2n) is 4.02. The van der Waals surface area contributed by atoms with E-state index in [1.165, 1.54) is 13.2 Å². The van der Waals surface area contributed by atoms with Gasteiger partial charge in [-0.15, -0.1) is 0 Å². The molecular formula is C13H15ClN2O4. The predicted molar refractivity (Wildman–Crippen MR) is 73.2 cm³/mol. The highest BCUT2D eigenvalue weighted by Crippen LogP contribution is 2.15. The number of hydrogen-bond acceptors (Lipinski definition) is 4. The molecule has 1 aromatic rings. The van der Waals surface area contributed by atoms with Gasteiger partial charge in [0, 0.05) is 6.42 Å². The summed E-state index contributed by atoms with van der Waals surface area (Å²) in [6.45, 7) is 0. The van der Waals surface area contributed by atoms with Crippen LogP contribution >= 0.6 is 11.6 Å². The van der Waals surface area contributed by atoms with Crippen LogP contribution in [0.4, 0.5) is 0 Å². The topological polar surface area (TPSA) is 98.5 Å². The van der Waals surface area contributed by atoms with Gasteiger partial charge in [0.25, 0.3) is 5.91 Å². The second kappa shape index (κ2) is 7.49. The van der Waals surface area contributed by atoms with E-state index in [0.29, 0.717) is 0 Å². The summed E-state index contributed by atoms with van der Waals surface area (Å²) in [7, 11) is 1.24. The summed E-state index contributed by atoms with van der Waals surface area (Å²) in [6.07, 6.45) is 0.0467. The Balaban J connectivity index is 2.71. The molecule has 2 amide bonds. The Morgan fingerprint density at radius 1 is 1.35 bits per heavy atom. The zero-order chi connectivity index (χ0) is 15.1. The molecule has 1 rings (SSSR count). The average molecular weight is 299 g/mol. The smallest absolute Gasteiger partial charge is 0.305 e. The number of methoxy groups -OCH3 is 1. The van der Waals surface area contributed by atoms with Gasteiger partial charge < -0.3 is 15.8 Å². The zero-order valence-corrected chi connectivity index (χ0v) is 11.6. The number of ether oxygens (including phenoxy) is 1. The van der Waals surface area contributed by atoms with Crippen LogP contribution in [-0.4, -0.2) is 30.9 Å². The molecule has 7 heteroatoms. The first kappa shape index (κ1) is 16.0. The largest absolute Gasteiger partial charge is 0.469 e. The highest BCUT2D eigenvalue weighted by Gasteiger charge is 2.21. The quantitative estimate of drug-likeness (QED) is 0.762. The summed E-state index contributed by atoms with van der Waals surface area (Å²) in [5.41, 5.74) is 5.42. The van der Waals surface area contributed by atoms with Crippen molar-refractivity contribution in [1.29, 1.82) is 0 Å². The maximum absolute atomic E-state index is 12.0. The number of carbonyl (C=O) groups is 3. The van der Waals surface area contributed by atoms with Crippen LogP contribution < -0.4 is 11.1 Å². The first-order chi connectivity index (χ1) is 9.45. The van der Waals surface area contributed by atoms with E-state index in [2.05, 4.69) is 10.1 Å². The Labute approximate surface area is 121 Å². The molecule has 3 N–H and O–H groups in total. The van der Waals surface area contributed by atoms with E-state index in [-0.39, 0.29) is 23.4 Å². The number of esters is 1. The fourth-order valence-corrected chi connectivity index (χ4v) is 1.75. The van der Waals surface area contributed by atoms with Crippen molar-refractivity contribution in [2.75, 3.05) is 7.11 Å². The van der Waals surface area contributed by atoms with Crippen molar-refractivity contribution in [3.05, 3.63) is 34.9 Å². The van der Waals surface area contributed by atoms with Crippen LogP contribution in [0.15, 0.2) is 24.3 Å². The molecule has 0 aliphatic carbocycles. The van der Waals surface area contributed by atoms with Gasteiger partial charge >= 0.3 is 5.97 Å². The number of nitrogens with two attached hydrogens (primary N) is 1. The Morgan fingerprint density at radius 3 is 2.55 bits per heavy atom. The summed E-state index contributed by atoms with van der Waals surface area (Å²) in [6, 6.07) is 5.45. The Morgan fingerprint density at radius 2 is 2.00 bits per heavy atom. The van der Waals surface area contributed by atoms with Crippen molar-refractivity contribution in [3.8, 4) is 0 Å². The SMILES string of the molecule is COC(=O)CC[C@@H](NC(=O)c1ccccc1Cl)C(N)=O. The molecule has 20 heavy (non-hydrogen) atoms. The van der Waals surface area contributed by atoms with E-state index in [0.717, 1.165) is 0 Å². The number of carbonyl (C=O) groups excluding carboxylic acids is 3. The van der Waals surface area contributed by atoms with Crippen molar-refractivity contribution in [3.63, 3.8) is 0 Å². The van der Waals surface area contributed by atoms with Crippen LogP contribution in [0.5, 0.6) is 0 Å². The van der Waals surface area contributed by atoms with E-state index in [4.69, 9.17) is 17.3 Å². The molecule has 0 spiro atoms. The van der Waals surface area contributed by atoms with Crippen molar-refractivity contribution in [2.24, 2.45) is 5.73 Å². The van der Waals surface area contributed by atoms with E-state index in [9.17, 15) is 14.4 Å². The maximum atomic E-state index is 12.0. The summed E-state index contributed by atoms with van der Waals surface area (Å²) in [4.78, 5) is 34.3. The molecule has 0 aromatic heterocycles. The molecule has 0 unspecified atom stereocenters. The number of halogens is 1. The minimum Gasteiger partial charge on any atom is -0.469 e. The average Bonchev–Trinajstić information content (AvgIpc) is 2.42. The molecule has 0 bridgehead atoms. The number of primary amides is 1. The van der Waals surface area contributed by atoms with Crippen LogP contribution in [0, 0.1) is 0 Å². The van der Waals surface area contributed by atoms with Crippen molar-refractivity contribution in [2.45, 2.75) is 18.9 Å². The van der Waals surface area contributed by atoms with Crippen LogP contribution in [0.2, 0.25) is 5.02 Å². The normalized spacial score (nSPS) is 11.5. The van der Waals surface area contributed by atoms with E-state index in [1.807, 2.05) is 0 Å². The number of rotatable bonds is 6. The third kappa shape index (κ3) is 4.55. The summed E-state index contributed by atoms with van der Waals surface area (Å²) in [5, 5.41) is 2.71. The van der Waals surface area contributed by atoms with Crippen molar-refractivity contribution >= 4 is 29.4 Å². The van der Waals surface area contributed by atoms with E-state index >= 15 is 0 Å². The van der Waals surface area contributed by atoms with Crippen LogP contribution in [-0.2, 0) is 14.3 Å². The molecule has 0 aliphatic rings. The second-order valence-corrected chi connectivity index (χ2v) is 4.43. The number of nitrogens with one attached hydrogen (secondary N) is 1. The van der Waals surface area contributed by atoms with Gasteiger partial charge in [-0.3, -0.25) is 14.4 Å². The predicted octanol–water partition coefficient (Wildman–Crippen LogP) is 0.877. The Hall–Kier alpha value is -2.08. The fourth-order valence-electron chi connectivity index (χ4n) is 1.53. The summed E-state index contributed by atoms with van der Waals surface area (Å²) < 4.78 is 4.46. The van der Waals surface area contributed by atoms with Gasteiger partial charge in [0.15, 0.2) is 0 Å². The first-order valence-electron chi connectivity index (χ1n) is 5.87. The van der Waals surface area contributed by atoms with Gasteiger partial charge in [-0.05, 0) is 18.6 Å². The number of benzene rings is 1. The van der Waals surface area contributed by atoms with Crippen molar-refractivity contribution < 1.29 is 19.1 Å². The standard InChI is InChI=1S/C13H15ClN2O4/c1-20-11(17)7-6-10(12(15)18)16-13(19)8-4-2-3-5-9(8)14/h2-5,10H,6-7H2,1H3,(H2,15,18)(H,16,19)/t10-/m1/s1. The van der Waals surface area contributed by atoms with Gasteiger partial charge in [0.1, 0.15) is 6.04 Å². The Bertz CT molecular complexity index is 519.